The summed E-state index contributed by atoms with van der Waals surface area (Å²) in [5.74, 6) is -0.253. The van der Waals surface area contributed by atoms with Gasteiger partial charge >= 0.3 is 0 Å². The number of pyridine rings is 1. The third-order valence-electron chi connectivity index (χ3n) is 7.22. The van der Waals surface area contributed by atoms with E-state index in [0.717, 1.165) is 11.1 Å². The van der Waals surface area contributed by atoms with Crippen molar-refractivity contribution in [3.8, 4) is 0 Å². The number of aliphatic hydroxyl groups is 6. The average molecular weight is 525 g/mol. The first-order chi connectivity index (χ1) is 15.0. The van der Waals surface area contributed by atoms with E-state index in [9.17, 15) is 25.2 Å². The monoisotopic (exact) mass is 525 g/mol. The lowest BCUT2D eigenvalue weighted by Gasteiger charge is -2.48. The van der Waals surface area contributed by atoms with Crippen LogP contribution < -0.4 is 5.56 Å². The molecule has 6 N–H and O–H groups in total. The zero-order chi connectivity index (χ0) is 29.0. The molecule has 0 aromatic carbocycles. The minimum absolute atomic E-state index is 0. The molecule has 6 radical (unpaired) electrons. The fourth-order valence-electron chi connectivity index (χ4n) is 2.72. The van der Waals surface area contributed by atoms with Gasteiger partial charge in [0.2, 0.25) is 0 Å². The highest BCUT2D eigenvalue weighted by Crippen LogP contribution is 2.40. The second-order valence-corrected chi connectivity index (χ2v) is 12.3. The Morgan fingerprint density at radius 2 is 1.08 bits per heavy atom. The fourth-order valence-corrected chi connectivity index (χ4v) is 2.72. The van der Waals surface area contributed by atoms with Crippen LogP contribution in [-0.2, 0) is 7.05 Å². The Kier molecular flexibility index (Phi) is 16.6. The largest absolute Gasteiger partial charge is 0.387 e. The standard InChI is InChI=1S/C13H28O4.C8H11NO.C6H14O2.2B/c1-9(2)13(17,11(5,6)15)8-12(7,16)10(3,4)14;1-6-4-5-9(3)8(10)7(6)2;1-5(2,7)6(3,4)8;;/h9,14-17H,8H2,1-7H3;4-5H,1-3H3;7-8H,1-4H3;;. The Morgan fingerprint density at radius 3 is 1.30 bits per heavy atom. The van der Waals surface area contributed by atoms with Gasteiger partial charge in [0.05, 0.1) is 33.6 Å². The van der Waals surface area contributed by atoms with Gasteiger partial charge in [-0.1, -0.05) is 13.8 Å². The summed E-state index contributed by atoms with van der Waals surface area (Å²) in [6, 6.07) is 1.94. The summed E-state index contributed by atoms with van der Waals surface area (Å²) in [5.41, 5.74) is -5.71. The second kappa shape index (κ2) is 14.3. The van der Waals surface area contributed by atoms with Crippen LogP contribution in [0.3, 0.4) is 0 Å². The Labute approximate surface area is 228 Å². The van der Waals surface area contributed by atoms with Crippen molar-refractivity contribution in [1.29, 1.82) is 0 Å². The van der Waals surface area contributed by atoms with Crippen molar-refractivity contribution in [2.24, 2.45) is 13.0 Å². The average Bonchev–Trinajstić information content (AvgIpc) is 2.60. The van der Waals surface area contributed by atoms with E-state index in [4.69, 9.17) is 10.2 Å². The predicted octanol–water partition coefficient (Wildman–Crippen LogP) is 1.83. The predicted molar refractivity (Wildman–Crippen MR) is 153 cm³/mol. The Balaban J connectivity index is -0.000000233. The molecule has 0 aliphatic rings. The molecular formula is C27H53B2NO7. The van der Waals surface area contributed by atoms with Gasteiger partial charge in [-0.05, 0) is 93.7 Å². The van der Waals surface area contributed by atoms with Crippen LogP contribution in [0.2, 0.25) is 0 Å². The molecule has 1 aromatic heterocycles. The van der Waals surface area contributed by atoms with Crippen molar-refractivity contribution in [1.82, 2.24) is 4.57 Å². The summed E-state index contributed by atoms with van der Waals surface area (Å²) in [6.45, 7) is 21.1. The molecule has 0 fully saturated rings. The van der Waals surface area contributed by atoms with Gasteiger partial charge in [0, 0.05) is 42.1 Å². The number of rotatable bonds is 6. The van der Waals surface area contributed by atoms with E-state index >= 15 is 0 Å². The van der Waals surface area contributed by atoms with Crippen LogP contribution in [0.25, 0.3) is 0 Å². The van der Waals surface area contributed by atoms with E-state index in [1.807, 2.05) is 19.9 Å². The van der Waals surface area contributed by atoms with Gasteiger partial charge in [-0.15, -0.1) is 0 Å². The second-order valence-electron chi connectivity index (χ2n) is 12.3. The van der Waals surface area contributed by atoms with Gasteiger partial charge < -0.3 is 35.2 Å². The van der Waals surface area contributed by atoms with E-state index in [1.54, 1.807) is 59.4 Å². The van der Waals surface area contributed by atoms with Crippen molar-refractivity contribution in [3.05, 3.63) is 33.7 Å². The molecule has 0 saturated carbocycles. The number of aromatic nitrogens is 1. The first-order valence-electron chi connectivity index (χ1n) is 12.0. The van der Waals surface area contributed by atoms with E-state index in [2.05, 4.69) is 0 Å². The molecule has 2 unspecified atom stereocenters. The van der Waals surface area contributed by atoms with E-state index in [-0.39, 0.29) is 34.7 Å². The van der Waals surface area contributed by atoms with E-state index in [0.29, 0.717) is 0 Å². The summed E-state index contributed by atoms with van der Waals surface area (Å²) >= 11 is 0. The Morgan fingerprint density at radius 1 is 0.730 bits per heavy atom. The molecule has 37 heavy (non-hydrogen) atoms. The highest BCUT2D eigenvalue weighted by molar-refractivity contribution is 5.76. The molecule has 0 spiro atoms. The number of hydrogen-bond acceptors (Lipinski definition) is 7. The van der Waals surface area contributed by atoms with Crippen LogP contribution in [0, 0.1) is 19.8 Å². The molecule has 0 amide bonds. The SMILES string of the molecule is CC(C)(O)C(C)(C)O.CC(C)C(O)(CC(C)(O)C(C)(C)O)C(C)(C)O.Cc1ccn(C)c(=O)c1C.[B].[B]. The maximum Gasteiger partial charge on any atom is 0.253 e. The summed E-state index contributed by atoms with van der Waals surface area (Å²) in [7, 11) is 1.76. The van der Waals surface area contributed by atoms with Crippen molar-refractivity contribution >= 4 is 16.8 Å². The van der Waals surface area contributed by atoms with Gasteiger partial charge in [0.1, 0.15) is 0 Å². The minimum Gasteiger partial charge on any atom is -0.387 e. The van der Waals surface area contributed by atoms with Crippen LogP contribution in [0.5, 0.6) is 0 Å². The topological polar surface area (TPSA) is 143 Å². The molecule has 1 heterocycles. The third kappa shape index (κ3) is 12.5. The number of hydrogen-bond donors (Lipinski definition) is 6. The molecular weight excluding hydrogens is 472 g/mol. The highest BCUT2D eigenvalue weighted by atomic mass is 16.4. The van der Waals surface area contributed by atoms with Gasteiger partial charge in [0.25, 0.3) is 5.56 Å². The summed E-state index contributed by atoms with van der Waals surface area (Å²) < 4.78 is 1.59. The lowest BCUT2D eigenvalue weighted by Crippen LogP contribution is -2.61. The third-order valence-corrected chi connectivity index (χ3v) is 7.22. The van der Waals surface area contributed by atoms with Crippen molar-refractivity contribution < 1.29 is 30.6 Å². The van der Waals surface area contributed by atoms with Crippen LogP contribution in [0.1, 0.15) is 93.7 Å². The summed E-state index contributed by atoms with van der Waals surface area (Å²) in [6.07, 6.45) is 1.68. The van der Waals surface area contributed by atoms with E-state index in [1.165, 1.54) is 34.6 Å². The molecule has 0 bridgehead atoms. The summed E-state index contributed by atoms with van der Waals surface area (Å²) in [4.78, 5) is 11.2. The first kappa shape index (κ1) is 42.9. The number of nitrogens with zero attached hydrogens (tertiary/aromatic N) is 1. The van der Waals surface area contributed by atoms with Crippen molar-refractivity contribution in [2.75, 3.05) is 0 Å². The molecule has 2 atom stereocenters. The minimum atomic E-state index is -1.49. The van der Waals surface area contributed by atoms with Gasteiger partial charge in [0.15, 0.2) is 0 Å². The van der Waals surface area contributed by atoms with Crippen LogP contribution in [-0.4, -0.2) is 85.6 Å². The highest BCUT2D eigenvalue weighted by Gasteiger charge is 2.52. The normalized spacial score (nSPS) is 15.5. The molecule has 8 nitrogen and oxygen atoms in total. The molecule has 0 aliphatic carbocycles. The Bertz CT molecular complexity index is 844. The van der Waals surface area contributed by atoms with Crippen LogP contribution in [0.4, 0.5) is 0 Å². The van der Waals surface area contributed by atoms with E-state index < -0.39 is 33.6 Å². The van der Waals surface area contributed by atoms with Gasteiger partial charge in [-0.3, -0.25) is 4.79 Å². The molecule has 10 heteroatoms. The van der Waals surface area contributed by atoms with Gasteiger partial charge in [-0.25, -0.2) is 0 Å². The van der Waals surface area contributed by atoms with Crippen LogP contribution >= 0.6 is 0 Å². The quantitative estimate of drug-likeness (QED) is 0.311. The van der Waals surface area contributed by atoms with Crippen molar-refractivity contribution in [3.63, 3.8) is 0 Å². The molecule has 0 saturated heterocycles. The summed E-state index contributed by atoms with van der Waals surface area (Å²) in [5, 5.41) is 59.1. The van der Waals surface area contributed by atoms with Gasteiger partial charge in [-0.2, -0.15) is 0 Å². The molecule has 214 valence electrons. The lowest BCUT2D eigenvalue weighted by molar-refractivity contribution is -0.216. The number of aryl methyl sites for hydroxylation is 2. The maximum atomic E-state index is 11.2. The fraction of sp³-hybridized carbons (Fsp3) is 0.815. The maximum absolute atomic E-state index is 11.2. The van der Waals surface area contributed by atoms with Crippen LogP contribution in [0.15, 0.2) is 17.1 Å². The van der Waals surface area contributed by atoms with Crippen molar-refractivity contribution in [2.45, 2.75) is 130 Å². The Hall–Kier alpha value is -1.16. The molecule has 1 rings (SSSR count). The smallest absolute Gasteiger partial charge is 0.253 e. The zero-order valence-electron chi connectivity index (χ0n) is 25.6. The molecule has 0 aliphatic heterocycles. The first-order valence-corrected chi connectivity index (χ1v) is 12.0. The zero-order valence-corrected chi connectivity index (χ0v) is 25.6. The lowest BCUT2D eigenvalue weighted by atomic mass is 9.67. The molecule has 1 aromatic rings.